The van der Waals surface area contributed by atoms with Crippen LogP contribution in [0.15, 0.2) is 22.7 Å². The van der Waals surface area contributed by atoms with Crippen LogP contribution in [0.3, 0.4) is 0 Å². The lowest BCUT2D eigenvalue weighted by atomic mass is 10.2. The number of benzene rings is 1. The molecule has 7 heteroatoms. The normalized spacial score (nSPS) is 10.3. The molecule has 0 aliphatic rings. The second-order valence-electron chi connectivity index (χ2n) is 3.47. The van der Waals surface area contributed by atoms with Crippen LogP contribution in [0.4, 0.5) is 0 Å². The Morgan fingerprint density at radius 3 is 2.94 bits per heavy atom. The zero-order chi connectivity index (χ0) is 13.1. The summed E-state index contributed by atoms with van der Waals surface area (Å²) in [6.45, 7) is 1.76. The minimum absolute atomic E-state index is 0.0177. The number of hydrogen-bond donors (Lipinski definition) is 1. The smallest absolute Gasteiger partial charge is 0.337 e. The first-order chi connectivity index (χ1) is 8.56. The monoisotopic (exact) mass is 268 g/mol. The zero-order valence-corrected chi connectivity index (χ0v) is 10.1. The van der Waals surface area contributed by atoms with Gasteiger partial charge in [-0.2, -0.15) is 4.98 Å². The lowest BCUT2D eigenvalue weighted by Gasteiger charge is -2.05. The van der Waals surface area contributed by atoms with Gasteiger partial charge in [-0.3, -0.25) is 0 Å². The maximum Gasteiger partial charge on any atom is 0.337 e. The summed E-state index contributed by atoms with van der Waals surface area (Å²) in [5.41, 5.74) is -0.0177. The van der Waals surface area contributed by atoms with E-state index >= 15 is 0 Å². The van der Waals surface area contributed by atoms with Gasteiger partial charge in [0.1, 0.15) is 5.75 Å². The maximum atomic E-state index is 10.9. The number of carboxylic acid groups (broad SMARTS) is 1. The number of rotatable bonds is 4. The molecular formula is C11H9ClN2O4. The fourth-order valence-corrected chi connectivity index (χ4v) is 1.50. The fraction of sp³-hybridized carbons (Fsp3) is 0.182. The molecule has 0 aliphatic heterocycles. The van der Waals surface area contributed by atoms with Crippen molar-refractivity contribution in [1.82, 2.24) is 10.1 Å². The molecule has 1 N–H and O–H groups in total. The predicted molar refractivity (Wildman–Crippen MR) is 61.8 cm³/mol. The number of carboxylic acids is 1. The summed E-state index contributed by atoms with van der Waals surface area (Å²) in [5.74, 6) is 0.0852. The van der Waals surface area contributed by atoms with Gasteiger partial charge < -0.3 is 14.4 Å². The lowest BCUT2D eigenvalue weighted by molar-refractivity contribution is 0.0696. The van der Waals surface area contributed by atoms with Crippen molar-refractivity contribution in [2.45, 2.75) is 13.5 Å². The zero-order valence-electron chi connectivity index (χ0n) is 9.38. The van der Waals surface area contributed by atoms with Crippen molar-refractivity contribution in [3.05, 3.63) is 40.5 Å². The molecule has 0 spiro atoms. The number of aryl methyl sites for hydroxylation is 1. The molecule has 0 fully saturated rings. The molecule has 6 nitrogen and oxygen atoms in total. The fourth-order valence-electron chi connectivity index (χ4n) is 1.30. The Morgan fingerprint density at radius 1 is 1.56 bits per heavy atom. The Morgan fingerprint density at radius 2 is 2.33 bits per heavy atom. The molecule has 94 valence electrons. The van der Waals surface area contributed by atoms with E-state index in [0.29, 0.717) is 17.5 Å². The highest BCUT2D eigenvalue weighted by atomic mass is 35.5. The Balaban J connectivity index is 2.10. The summed E-state index contributed by atoms with van der Waals surface area (Å²) < 4.78 is 10.2. The summed E-state index contributed by atoms with van der Waals surface area (Å²) in [4.78, 5) is 14.8. The van der Waals surface area contributed by atoms with Crippen molar-refractivity contribution < 1.29 is 19.2 Å². The molecule has 0 unspecified atom stereocenters. The largest absolute Gasteiger partial charge is 0.484 e. The average molecular weight is 269 g/mol. The van der Waals surface area contributed by atoms with E-state index in [1.165, 1.54) is 12.1 Å². The van der Waals surface area contributed by atoms with Crippen molar-refractivity contribution >= 4 is 17.6 Å². The SMILES string of the molecule is Cc1noc(COc2ccc(Cl)c(C(=O)O)c2)n1. The van der Waals surface area contributed by atoms with Crippen LogP contribution in [0, 0.1) is 6.92 Å². The van der Waals surface area contributed by atoms with E-state index in [1.807, 2.05) is 0 Å². The Labute approximate surface area is 107 Å². The lowest BCUT2D eigenvalue weighted by Crippen LogP contribution is -2.00. The Hall–Kier alpha value is -2.08. The Kier molecular flexibility index (Phi) is 3.47. The number of aromatic nitrogens is 2. The van der Waals surface area contributed by atoms with Gasteiger partial charge in [-0.05, 0) is 25.1 Å². The summed E-state index contributed by atoms with van der Waals surface area (Å²) >= 11 is 5.73. The summed E-state index contributed by atoms with van der Waals surface area (Å²) in [6.07, 6.45) is 0. The van der Waals surface area contributed by atoms with Gasteiger partial charge in [0.2, 0.25) is 0 Å². The van der Waals surface area contributed by atoms with Crippen LogP contribution in [0.5, 0.6) is 5.75 Å². The minimum Gasteiger partial charge on any atom is -0.484 e. The van der Waals surface area contributed by atoms with Gasteiger partial charge in [0, 0.05) is 0 Å². The van der Waals surface area contributed by atoms with Crippen molar-refractivity contribution in [2.24, 2.45) is 0 Å². The summed E-state index contributed by atoms with van der Waals surface area (Å²) in [6, 6.07) is 4.37. The van der Waals surface area contributed by atoms with Crippen LogP contribution < -0.4 is 4.74 Å². The molecule has 18 heavy (non-hydrogen) atoms. The van der Waals surface area contributed by atoms with Gasteiger partial charge in [-0.25, -0.2) is 4.79 Å². The van der Waals surface area contributed by atoms with Gasteiger partial charge >= 0.3 is 5.97 Å². The predicted octanol–water partition coefficient (Wildman–Crippen LogP) is 2.31. The summed E-state index contributed by atoms with van der Waals surface area (Å²) in [7, 11) is 0. The van der Waals surface area contributed by atoms with E-state index in [9.17, 15) is 4.79 Å². The highest BCUT2D eigenvalue weighted by Gasteiger charge is 2.11. The minimum atomic E-state index is -1.11. The quantitative estimate of drug-likeness (QED) is 0.916. The first-order valence-corrected chi connectivity index (χ1v) is 5.39. The first-order valence-electron chi connectivity index (χ1n) is 5.01. The molecule has 1 heterocycles. The number of aromatic carboxylic acids is 1. The number of ether oxygens (including phenoxy) is 1. The van der Waals surface area contributed by atoms with Gasteiger partial charge in [0.15, 0.2) is 12.4 Å². The van der Waals surface area contributed by atoms with Crippen LogP contribution in [0.2, 0.25) is 5.02 Å². The number of halogens is 1. The molecule has 0 radical (unpaired) electrons. The number of carbonyl (C=O) groups is 1. The summed E-state index contributed by atoms with van der Waals surface area (Å²) in [5, 5.41) is 12.7. The number of hydrogen-bond acceptors (Lipinski definition) is 5. The second-order valence-corrected chi connectivity index (χ2v) is 3.88. The van der Waals surface area contributed by atoms with E-state index in [0.717, 1.165) is 0 Å². The Bertz CT molecular complexity index is 582. The number of nitrogens with zero attached hydrogens (tertiary/aromatic N) is 2. The second kappa shape index (κ2) is 5.05. The molecule has 0 saturated heterocycles. The molecule has 1 aromatic heterocycles. The molecule has 1 aromatic carbocycles. The van der Waals surface area contributed by atoms with E-state index < -0.39 is 5.97 Å². The van der Waals surface area contributed by atoms with Crippen LogP contribution in [-0.4, -0.2) is 21.2 Å². The third kappa shape index (κ3) is 2.78. The maximum absolute atomic E-state index is 10.9. The van der Waals surface area contributed by atoms with Gasteiger partial charge in [0.25, 0.3) is 5.89 Å². The first kappa shape index (κ1) is 12.4. The van der Waals surface area contributed by atoms with Crippen molar-refractivity contribution in [3.8, 4) is 5.75 Å². The molecule has 0 bridgehead atoms. The molecule has 0 atom stereocenters. The van der Waals surface area contributed by atoms with Gasteiger partial charge in [-0.15, -0.1) is 0 Å². The molecule has 0 saturated carbocycles. The van der Waals surface area contributed by atoms with Crippen LogP contribution in [0.25, 0.3) is 0 Å². The molecular weight excluding hydrogens is 260 g/mol. The topological polar surface area (TPSA) is 85.5 Å². The molecule has 2 aromatic rings. The standard InChI is InChI=1S/C11H9ClN2O4/c1-6-13-10(18-14-6)5-17-7-2-3-9(12)8(4-7)11(15)16/h2-4H,5H2,1H3,(H,15,16). The van der Waals surface area contributed by atoms with E-state index in [-0.39, 0.29) is 17.2 Å². The highest BCUT2D eigenvalue weighted by molar-refractivity contribution is 6.33. The van der Waals surface area contributed by atoms with Crippen LogP contribution in [-0.2, 0) is 6.61 Å². The van der Waals surface area contributed by atoms with Crippen molar-refractivity contribution in [3.63, 3.8) is 0 Å². The van der Waals surface area contributed by atoms with Crippen LogP contribution >= 0.6 is 11.6 Å². The highest BCUT2D eigenvalue weighted by Crippen LogP contribution is 2.22. The van der Waals surface area contributed by atoms with Gasteiger partial charge in [-0.1, -0.05) is 16.8 Å². The van der Waals surface area contributed by atoms with E-state index in [2.05, 4.69) is 10.1 Å². The van der Waals surface area contributed by atoms with E-state index in [4.69, 9.17) is 26.0 Å². The van der Waals surface area contributed by atoms with Crippen molar-refractivity contribution in [2.75, 3.05) is 0 Å². The molecule has 0 aliphatic carbocycles. The van der Waals surface area contributed by atoms with Gasteiger partial charge in [0.05, 0.1) is 10.6 Å². The van der Waals surface area contributed by atoms with Crippen LogP contribution in [0.1, 0.15) is 22.1 Å². The third-order valence-electron chi connectivity index (χ3n) is 2.10. The third-order valence-corrected chi connectivity index (χ3v) is 2.43. The molecule has 2 rings (SSSR count). The molecule has 0 amide bonds. The van der Waals surface area contributed by atoms with Crippen molar-refractivity contribution in [1.29, 1.82) is 0 Å². The average Bonchev–Trinajstić information content (AvgIpc) is 2.74. The van der Waals surface area contributed by atoms with E-state index in [1.54, 1.807) is 13.0 Å².